The summed E-state index contributed by atoms with van der Waals surface area (Å²) >= 11 is 0. The molecule has 0 spiro atoms. The fourth-order valence-corrected chi connectivity index (χ4v) is 2.15. The van der Waals surface area contributed by atoms with Crippen molar-refractivity contribution in [2.75, 3.05) is 19.6 Å². The van der Waals surface area contributed by atoms with Crippen molar-refractivity contribution in [2.45, 2.75) is 51.2 Å². The van der Waals surface area contributed by atoms with Crippen LogP contribution in [-0.2, 0) is 0 Å². The van der Waals surface area contributed by atoms with Gasteiger partial charge in [-0.3, -0.25) is 4.90 Å². The number of aliphatic hydroxyl groups excluding tert-OH is 1. The van der Waals surface area contributed by atoms with Gasteiger partial charge in [0.25, 0.3) is 0 Å². The van der Waals surface area contributed by atoms with E-state index in [1.165, 1.54) is 25.7 Å². The molecule has 1 aliphatic heterocycles. The molecule has 2 unspecified atom stereocenters. The van der Waals surface area contributed by atoms with Gasteiger partial charge in [0.15, 0.2) is 0 Å². The fraction of sp³-hybridized carbons (Fsp3) is 1.00. The number of hydrogen-bond donors (Lipinski definition) is 2. The molecule has 14 heavy (non-hydrogen) atoms. The van der Waals surface area contributed by atoms with Crippen molar-refractivity contribution in [2.24, 2.45) is 5.73 Å². The SMILES string of the molecule is CC(O)CCN1CCCCCC1CN. The van der Waals surface area contributed by atoms with Crippen LogP contribution in [0.15, 0.2) is 0 Å². The number of aliphatic hydroxyl groups is 1. The highest BCUT2D eigenvalue weighted by Gasteiger charge is 2.19. The lowest BCUT2D eigenvalue weighted by Crippen LogP contribution is -2.41. The topological polar surface area (TPSA) is 49.5 Å². The van der Waals surface area contributed by atoms with Gasteiger partial charge >= 0.3 is 0 Å². The summed E-state index contributed by atoms with van der Waals surface area (Å²) in [4.78, 5) is 2.46. The Hall–Kier alpha value is -0.120. The first-order valence-electron chi connectivity index (χ1n) is 5.86. The molecule has 84 valence electrons. The largest absolute Gasteiger partial charge is 0.393 e. The van der Waals surface area contributed by atoms with Gasteiger partial charge < -0.3 is 10.8 Å². The maximum atomic E-state index is 9.25. The first kappa shape index (κ1) is 12.0. The number of nitrogens with two attached hydrogens (primary N) is 1. The van der Waals surface area contributed by atoms with Crippen LogP contribution in [0.2, 0.25) is 0 Å². The van der Waals surface area contributed by atoms with E-state index in [1.807, 2.05) is 6.92 Å². The predicted octanol–water partition coefficient (Wildman–Crippen LogP) is 0.961. The molecule has 1 saturated heterocycles. The molecule has 1 aliphatic rings. The van der Waals surface area contributed by atoms with E-state index < -0.39 is 0 Å². The van der Waals surface area contributed by atoms with Crippen molar-refractivity contribution >= 4 is 0 Å². The third-order valence-corrected chi connectivity index (χ3v) is 3.11. The van der Waals surface area contributed by atoms with Crippen LogP contribution < -0.4 is 5.73 Å². The van der Waals surface area contributed by atoms with Gasteiger partial charge in [-0.05, 0) is 32.7 Å². The molecule has 0 radical (unpaired) electrons. The first-order chi connectivity index (χ1) is 6.74. The Kier molecular flexibility index (Phi) is 5.45. The second kappa shape index (κ2) is 6.38. The van der Waals surface area contributed by atoms with Crippen LogP contribution in [0.5, 0.6) is 0 Å². The van der Waals surface area contributed by atoms with Crippen LogP contribution in [0.3, 0.4) is 0 Å². The minimum Gasteiger partial charge on any atom is -0.393 e. The van der Waals surface area contributed by atoms with Crippen LogP contribution in [0.4, 0.5) is 0 Å². The van der Waals surface area contributed by atoms with Crippen LogP contribution in [0.25, 0.3) is 0 Å². The summed E-state index contributed by atoms with van der Waals surface area (Å²) in [5.41, 5.74) is 5.77. The maximum absolute atomic E-state index is 9.25. The van der Waals surface area contributed by atoms with E-state index in [2.05, 4.69) is 4.90 Å². The molecule has 0 aliphatic carbocycles. The van der Waals surface area contributed by atoms with Gasteiger partial charge in [0, 0.05) is 19.1 Å². The van der Waals surface area contributed by atoms with Crippen LogP contribution >= 0.6 is 0 Å². The van der Waals surface area contributed by atoms with Crippen molar-refractivity contribution in [3.05, 3.63) is 0 Å². The molecule has 0 aromatic heterocycles. The summed E-state index contributed by atoms with van der Waals surface area (Å²) in [7, 11) is 0. The Balaban J connectivity index is 2.36. The highest BCUT2D eigenvalue weighted by molar-refractivity contribution is 4.76. The molecule has 3 N–H and O–H groups in total. The second-order valence-corrected chi connectivity index (χ2v) is 4.41. The zero-order chi connectivity index (χ0) is 10.4. The highest BCUT2D eigenvalue weighted by Crippen LogP contribution is 2.16. The minimum absolute atomic E-state index is 0.184. The van der Waals surface area contributed by atoms with Gasteiger partial charge in [0.05, 0.1) is 6.10 Å². The maximum Gasteiger partial charge on any atom is 0.0524 e. The van der Waals surface area contributed by atoms with Gasteiger partial charge in [-0.2, -0.15) is 0 Å². The van der Waals surface area contributed by atoms with E-state index in [-0.39, 0.29) is 6.10 Å². The molecule has 0 bridgehead atoms. The normalized spacial score (nSPS) is 27.2. The number of nitrogens with zero attached hydrogens (tertiary/aromatic N) is 1. The van der Waals surface area contributed by atoms with Crippen molar-refractivity contribution in [1.29, 1.82) is 0 Å². The smallest absolute Gasteiger partial charge is 0.0524 e. The van der Waals surface area contributed by atoms with Gasteiger partial charge in [-0.15, -0.1) is 0 Å². The summed E-state index contributed by atoms with van der Waals surface area (Å²) < 4.78 is 0. The average Bonchev–Trinajstić information content (AvgIpc) is 2.38. The molecule has 1 fully saturated rings. The Bertz CT molecular complexity index is 150. The van der Waals surface area contributed by atoms with Crippen molar-refractivity contribution in [1.82, 2.24) is 4.90 Å². The number of hydrogen-bond acceptors (Lipinski definition) is 3. The van der Waals surface area contributed by atoms with E-state index in [0.29, 0.717) is 6.04 Å². The Morgan fingerprint density at radius 3 is 2.86 bits per heavy atom. The zero-order valence-electron chi connectivity index (χ0n) is 9.28. The summed E-state index contributed by atoms with van der Waals surface area (Å²) in [6, 6.07) is 0.552. The highest BCUT2D eigenvalue weighted by atomic mass is 16.3. The van der Waals surface area contributed by atoms with Crippen molar-refractivity contribution in [3.8, 4) is 0 Å². The second-order valence-electron chi connectivity index (χ2n) is 4.41. The average molecular weight is 200 g/mol. The minimum atomic E-state index is -0.184. The molecule has 3 heteroatoms. The molecule has 1 heterocycles. The molecular formula is C11H24N2O. The van der Waals surface area contributed by atoms with E-state index >= 15 is 0 Å². The Labute approximate surface area is 87.3 Å². The molecule has 0 aromatic carbocycles. The van der Waals surface area contributed by atoms with Gasteiger partial charge in [-0.25, -0.2) is 0 Å². The first-order valence-corrected chi connectivity index (χ1v) is 5.86. The fourth-order valence-electron chi connectivity index (χ4n) is 2.15. The summed E-state index contributed by atoms with van der Waals surface area (Å²) in [6.07, 6.45) is 5.86. The zero-order valence-corrected chi connectivity index (χ0v) is 9.28. The third kappa shape index (κ3) is 3.95. The molecule has 1 rings (SSSR count). The van der Waals surface area contributed by atoms with E-state index in [1.54, 1.807) is 0 Å². The number of rotatable bonds is 4. The van der Waals surface area contributed by atoms with E-state index in [9.17, 15) is 5.11 Å². The lowest BCUT2D eigenvalue weighted by Gasteiger charge is -2.29. The van der Waals surface area contributed by atoms with E-state index in [4.69, 9.17) is 5.73 Å². The third-order valence-electron chi connectivity index (χ3n) is 3.11. The predicted molar refractivity (Wildman–Crippen MR) is 59.2 cm³/mol. The quantitative estimate of drug-likeness (QED) is 0.710. The van der Waals surface area contributed by atoms with Crippen LogP contribution in [0.1, 0.15) is 39.0 Å². The molecule has 3 nitrogen and oxygen atoms in total. The van der Waals surface area contributed by atoms with E-state index in [0.717, 1.165) is 26.1 Å². The van der Waals surface area contributed by atoms with Crippen molar-refractivity contribution < 1.29 is 5.11 Å². The molecule has 0 amide bonds. The lowest BCUT2D eigenvalue weighted by atomic mass is 10.1. The van der Waals surface area contributed by atoms with Gasteiger partial charge in [-0.1, -0.05) is 12.8 Å². The Morgan fingerprint density at radius 1 is 1.43 bits per heavy atom. The monoisotopic (exact) mass is 200 g/mol. The summed E-state index contributed by atoms with van der Waals surface area (Å²) in [5, 5.41) is 9.25. The lowest BCUT2D eigenvalue weighted by molar-refractivity contribution is 0.137. The molecule has 2 atom stereocenters. The van der Waals surface area contributed by atoms with Gasteiger partial charge in [0.2, 0.25) is 0 Å². The summed E-state index contributed by atoms with van der Waals surface area (Å²) in [5.74, 6) is 0. The summed E-state index contributed by atoms with van der Waals surface area (Å²) in [6.45, 7) is 4.78. The van der Waals surface area contributed by atoms with Crippen LogP contribution in [0, 0.1) is 0 Å². The Morgan fingerprint density at radius 2 is 2.21 bits per heavy atom. The van der Waals surface area contributed by atoms with Crippen LogP contribution in [-0.4, -0.2) is 41.8 Å². The van der Waals surface area contributed by atoms with Gasteiger partial charge in [0.1, 0.15) is 0 Å². The molecular weight excluding hydrogens is 176 g/mol. The molecule has 0 aromatic rings. The number of likely N-dealkylation sites (tertiary alicyclic amines) is 1. The van der Waals surface area contributed by atoms with Crippen molar-refractivity contribution in [3.63, 3.8) is 0 Å². The molecule has 0 saturated carbocycles. The standard InChI is InChI=1S/C11H24N2O/c1-10(14)6-8-13-7-4-2-3-5-11(13)9-12/h10-11,14H,2-9,12H2,1H3.